The number of anilines is 4. The molecule has 5 N–H and O–H groups in total. The summed E-state index contributed by atoms with van der Waals surface area (Å²) in [5.41, 5.74) is 3.05. The molecule has 2 heterocycles. The van der Waals surface area contributed by atoms with Crippen LogP contribution in [0.3, 0.4) is 0 Å². The Hall–Kier alpha value is -3.96. The van der Waals surface area contributed by atoms with E-state index in [1.807, 2.05) is 31.2 Å². The molecule has 0 bridgehead atoms. The summed E-state index contributed by atoms with van der Waals surface area (Å²) in [6.45, 7) is 1.88. The minimum absolute atomic E-state index is 0.0240. The predicted octanol–water partition coefficient (Wildman–Crippen LogP) is 3.06. The minimum Gasteiger partial charge on any atom is -0.340 e. The number of carbonyl (C=O) groups is 1. The highest BCUT2D eigenvalue weighted by molar-refractivity contribution is 7.89. The lowest BCUT2D eigenvalue weighted by atomic mass is 10.2. The van der Waals surface area contributed by atoms with Crippen LogP contribution in [0.15, 0.2) is 65.8 Å². The second kappa shape index (κ2) is 8.29. The Labute approximate surface area is 184 Å². The fourth-order valence-electron chi connectivity index (χ4n) is 3.14. The predicted molar refractivity (Wildman–Crippen MR) is 123 cm³/mol. The van der Waals surface area contributed by atoms with Crippen molar-refractivity contribution in [2.45, 2.75) is 11.8 Å². The van der Waals surface area contributed by atoms with Gasteiger partial charge in [0.2, 0.25) is 16.0 Å². The zero-order valence-corrected chi connectivity index (χ0v) is 18.1. The number of amides is 1. The number of sulfonamides is 1. The van der Waals surface area contributed by atoms with Gasteiger partial charge in [0, 0.05) is 41.8 Å². The number of fused-ring (bicyclic) bond motifs is 1. The molecule has 0 spiro atoms. The first kappa shape index (κ1) is 21.3. The topological polar surface area (TPSA) is 144 Å². The van der Waals surface area contributed by atoms with Gasteiger partial charge in [-0.25, -0.2) is 23.3 Å². The Morgan fingerprint density at radius 3 is 2.44 bits per heavy atom. The first-order valence-electron chi connectivity index (χ1n) is 9.58. The van der Waals surface area contributed by atoms with Gasteiger partial charge >= 0.3 is 6.03 Å². The van der Waals surface area contributed by atoms with Crippen LogP contribution in [-0.4, -0.2) is 36.0 Å². The maximum atomic E-state index is 11.9. The third-order valence-electron chi connectivity index (χ3n) is 4.80. The SMILES string of the molecule is CNC(=O)n1ccc2cc(Nc3nc(Nc4ccc(S(N)(=O)=O)cc4)ncc3C)ccc21. The molecule has 0 radical (unpaired) electrons. The number of primary sulfonamides is 1. The van der Waals surface area contributed by atoms with E-state index >= 15 is 0 Å². The monoisotopic (exact) mass is 451 g/mol. The van der Waals surface area contributed by atoms with Crippen LogP contribution in [0.5, 0.6) is 0 Å². The number of nitrogens with one attached hydrogen (secondary N) is 3. The summed E-state index contributed by atoms with van der Waals surface area (Å²) in [5, 5.41) is 15.0. The lowest BCUT2D eigenvalue weighted by Crippen LogP contribution is -2.23. The van der Waals surface area contributed by atoms with Gasteiger partial charge in [0.05, 0.1) is 10.4 Å². The van der Waals surface area contributed by atoms with Crippen LogP contribution in [-0.2, 0) is 10.0 Å². The molecule has 4 rings (SSSR count). The number of carbonyl (C=O) groups excluding carboxylic acids is 1. The molecule has 0 saturated heterocycles. The number of benzene rings is 2. The molecule has 10 nitrogen and oxygen atoms in total. The molecule has 0 fully saturated rings. The molecule has 32 heavy (non-hydrogen) atoms. The number of nitrogens with zero attached hydrogens (tertiary/aromatic N) is 3. The van der Waals surface area contributed by atoms with Crippen LogP contribution >= 0.6 is 0 Å². The smallest absolute Gasteiger partial charge is 0.325 e. The zero-order chi connectivity index (χ0) is 22.9. The molecule has 0 atom stereocenters. The molecule has 0 unspecified atom stereocenters. The van der Waals surface area contributed by atoms with Gasteiger partial charge in [-0.05, 0) is 55.5 Å². The van der Waals surface area contributed by atoms with E-state index in [-0.39, 0.29) is 10.9 Å². The van der Waals surface area contributed by atoms with Crippen molar-refractivity contribution in [3.63, 3.8) is 0 Å². The van der Waals surface area contributed by atoms with Gasteiger partial charge in [-0.3, -0.25) is 4.57 Å². The third kappa shape index (κ3) is 4.38. The summed E-state index contributed by atoms with van der Waals surface area (Å²) in [7, 11) is -2.17. The van der Waals surface area contributed by atoms with Crippen LogP contribution in [0.2, 0.25) is 0 Å². The van der Waals surface area contributed by atoms with E-state index < -0.39 is 10.0 Å². The lowest BCUT2D eigenvalue weighted by Gasteiger charge is -2.12. The van der Waals surface area contributed by atoms with Crippen molar-refractivity contribution in [3.05, 3.63) is 66.5 Å². The molecule has 0 aliphatic rings. The molecule has 2 aromatic heterocycles. The van der Waals surface area contributed by atoms with Gasteiger partial charge in [0.15, 0.2) is 0 Å². The van der Waals surface area contributed by atoms with Gasteiger partial charge in [0.25, 0.3) is 0 Å². The highest BCUT2D eigenvalue weighted by Gasteiger charge is 2.10. The molecular weight excluding hydrogens is 430 g/mol. The van der Waals surface area contributed by atoms with Gasteiger partial charge in [-0.15, -0.1) is 0 Å². The Morgan fingerprint density at radius 1 is 1.03 bits per heavy atom. The molecule has 11 heteroatoms. The molecule has 0 aliphatic heterocycles. The van der Waals surface area contributed by atoms with E-state index in [2.05, 4.69) is 25.9 Å². The number of rotatable bonds is 5. The van der Waals surface area contributed by atoms with Crippen molar-refractivity contribution in [2.75, 3.05) is 17.7 Å². The Bertz CT molecular complexity index is 1410. The van der Waals surface area contributed by atoms with Crippen molar-refractivity contribution in [1.82, 2.24) is 19.9 Å². The molecule has 0 aliphatic carbocycles. The Morgan fingerprint density at radius 2 is 1.75 bits per heavy atom. The van der Waals surface area contributed by atoms with Gasteiger partial charge in [-0.2, -0.15) is 4.98 Å². The zero-order valence-electron chi connectivity index (χ0n) is 17.3. The molecule has 0 saturated carbocycles. The van der Waals surface area contributed by atoms with Gasteiger partial charge in [-0.1, -0.05) is 0 Å². The summed E-state index contributed by atoms with van der Waals surface area (Å²) < 4.78 is 24.3. The minimum atomic E-state index is -3.75. The average molecular weight is 452 g/mol. The van der Waals surface area contributed by atoms with Crippen molar-refractivity contribution in [2.24, 2.45) is 5.14 Å². The summed E-state index contributed by atoms with van der Waals surface area (Å²) in [4.78, 5) is 20.8. The van der Waals surface area contributed by atoms with Gasteiger partial charge < -0.3 is 16.0 Å². The molecule has 164 valence electrons. The number of nitrogens with two attached hydrogens (primary N) is 1. The van der Waals surface area contributed by atoms with Crippen LogP contribution in [0.25, 0.3) is 10.9 Å². The van der Waals surface area contributed by atoms with E-state index in [1.165, 1.54) is 16.7 Å². The number of aromatic nitrogens is 3. The standard InChI is InChI=1S/C21H21N7O3S/c1-13-12-24-20(26-15-3-6-17(7-4-15)32(22,30)31)27-19(13)25-16-5-8-18-14(11-16)9-10-28(18)21(29)23-2/h3-12H,1-2H3,(H,23,29)(H2,22,30,31)(H2,24,25,26,27). The molecular formula is C21H21N7O3S. The van der Waals surface area contributed by atoms with Crippen LogP contribution < -0.4 is 21.1 Å². The van der Waals surface area contributed by atoms with E-state index in [4.69, 9.17) is 5.14 Å². The number of hydrogen-bond donors (Lipinski definition) is 4. The van der Waals surface area contributed by atoms with E-state index in [1.54, 1.807) is 31.6 Å². The van der Waals surface area contributed by atoms with Crippen molar-refractivity contribution >= 4 is 50.1 Å². The number of aryl methyl sites for hydroxylation is 1. The van der Waals surface area contributed by atoms with E-state index in [0.29, 0.717) is 17.5 Å². The molecule has 4 aromatic rings. The van der Waals surface area contributed by atoms with Crippen LogP contribution in [0.4, 0.5) is 27.9 Å². The summed E-state index contributed by atoms with van der Waals surface area (Å²) in [5.74, 6) is 0.946. The van der Waals surface area contributed by atoms with E-state index in [0.717, 1.165) is 22.2 Å². The second-order valence-corrected chi connectivity index (χ2v) is 8.62. The van der Waals surface area contributed by atoms with Crippen LogP contribution in [0, 0.1) is 6.92 Å². The Kier molecular flexibility index (Phi) is 5.51. The normalized spacial score (nSPS) is 11.3. The van der Waals surface area contributed by atoms with Crippen molar-refractivity contribution in [1.29, 1.82) is 0 Å². The van der Waals surface area contributed by atoms with Crippen molar-refractivity contribution in [3.8, 4) is 0 Å². The maximum absolute atomic E-state index is 11.9. The summed E-state index contributed by atoms with van der Waals surface area (Å²) >= 11 is 0. The fraction of sp³-hybridized carbons (Fsp3) is 0.0952. The highest BCUT2D eigenvalue weighted by Crippen LogP contribution is 2.25. The quantitative estimate of drug-likeness (QED) is 0.365. The first-order chi connectivity index (χ1) is 15.2. The van der Waals surface area contributed by atoms with Crippen LogP contribution in [0.1, 0.15) is 5.56 Å². The largest absolute Gasteiger partial charge is 0.340 e. The molecule has 2 aromatic carbocycles. The summed E-state index contributed by atoms with van der Waals surface area (Å²) in [6, 6.07) is 13.3. The average Bonchev–Trinajstić information content (AvgIpc) is 3.18. The highest BCUT2D eigenvalue weighted by atomic mass is 32.2. The van der Waals surface area contributed by atoms with Crippen molar-refractivity contribution < 1.29 is 13.2 Å². The third-order valence-corrected chi connectivity index (χ3v) is 5.73. The first-order valence-corrected chi connectivity index (χ1v) is 11.1. The van der Waals surface area contributed by atoms with E-state index in [9.17, 15) is 13.2 Å². The second-order valence-electron chi connectivity index (χ2n) is 7.06. The fourth-order valence-corrected chi connectivity index (χ4v) is 3.66. The maximum Gasteiger partial charge on any atom is 0.325 e. The summed E-state index contributed by atoms with van der Waals surface area (Å²) in [6.07, 6.45) is 3.39. The van der Waals surface area contributed by atoms with Gasteiger partial charge in [0.1, 0.15) is 5.82 Å². The Balaban J connectivity index is 1.56. The molecule has 1 amide bonds. The number of hydrogen-bond acceptors (Lipinski definition) is 7. The lowest BCUT2D eigenvalue weighted by molar-refractivity contribution is 0.245.